The summed E-state index contributed by atoms with van der Waals surface area (Å²) < 4.78 is 14.0. The van der Waals surface area contributed by atoms with E-state index in [4.69, 9.17) is 21.1 Å². The van der Waals surface area contributed by atoms with Crippen molar-refractivity contribution >= 4 is 40.1 Å². The number of aromatic amines is 1. The summed E-state index contributed by atoms with van der Waals surface area (Å²) in [4.78, 5) is 8.64. The lowest BCUT2D eigenvalue weighted by Crippen LogP contribution is -2.22. The first-order chi connectivity index (χ1) is 12.8. The molecule has 0 saturated carbocycles. The molecule has 6 nitrogen and oxygen atoms in total. The number of aromatic nitrogens is 3. The standard InChI is InChI=1S/C18H13ClN4O2S/c19-15-4-3-14(26-15)17-18(23-6-5-20-10-16(23)22-17)21-11-1-2-12-13(9-11)25-8-7-24-12/h1-6,9-10H,7-8H2,(H,20,21)/p+1. The van der Waals surface area contributed by atoms with Crippen molar-refractivity contribution in [2.45, 2.75) is 0 Å². The van der Waals surface area contributed by atoms with E-state index in [0.717, 1.165) is 43.6 Å². The highest BCUT2D eigenvalue weighted by atomic mass is 35.5. The van der Waals surface area contributed by atoms with Gasteiger partial charge in [-0.3, -0.25) is 15.3 Å². The summed E-state index contributed by atoms with van der Waals surface area (Å²) in [6.07, 6.45) is 5.44. The molecular formula is C18H14ClN4O2S+. The fourth-order valence-corrected chi connectivity index (χ4v) is 4.01. The molecule has 26 heavy (non-hydrogen) atoms. The average Bonchev–Trinajstić information content (AvgIpc) is 3.26. The van der Waals surface area contributed by atoms with Gasteiger partial charge in [0.15, 0.2) is 17.2 Å². The van der Waals surface area contributed by atoms with Crippen LogP contribution in [-0.4, -0.2) is 23.2 Å². The van der Waals surface area contributed by atoms with E-state index >= 15 is 0 Å². The van der Waals surface area contributed by atoms with E-state index in [9.17, 15) is 0 Å². The van der Waals surface area contributed by atoms with Gasteiger partial charge in [-0.2, -0.15) is 4.40 Å². The topological polar surface area (TPSA) is 63.3 Å². The van der Waals surface area contributed by atoms with Crippen LogP contribution in [0.25, 0.3) is 16.2 Å². The molecule has 1 aliphatic heterocycles. The number of benzene rings is 1. The van der Waals surface area contributed by atoms with Crippen molar-refractivity contribution in [1.29, 1.82) is 0 Å². The van der Waals surface area contributed by atoms with E-state index in [1.165, 1.54) is 11.3 Å². The van der Waals surface area contributed by atoms with E-state index in [1.54, 1.807) is 12.4 Å². The first-order valence-corrected chi connectivity index (χ1v) is 9.27. The second kappa shape index (κ2) is 6.19. The molecule has 0 radical (unpaired) electrons. The van der Waals surface area contributed by atoms with E-state index in [-0.39, 0.29) is 0 Å². The Hall–Kier alpha value is -2.77. The lowest BCUT2D eigenvalue weighted by molar-refractivity contribution is -0.494. The summed E-state index contributed by atoms with van der Waals surface area (Å²) in [5, 5.41) is 3.49. The van der Waals surface area contributed by atoms with Crippen LogP contribution in [0.3, 0.4) is 0 Å². The summed E-state index contributed by atoms with van der Waals surface area (Å²) >= 11 is 7.65. The van der Waals surface area contributed by atoms with Gasteiger partial charge in [0.05, 0.1) is 21.6 Å². The molecule has 5 rings (SSSR count). The van der Waals surface area contributed by atoms with Gasteiger partial charge in [0, 0.05) is 6.07 Å². The number of nitrogens with zero attached hydrogens (tertiary/aromatic N) is 2. The zero-order valence-corrected chi connectivity index (χ0v) is 15.1. The highest BCUT2D eigenvalue weighted by Gasteiger charge is 2.23. The molecule has 4 aromatic rings. The van der Waals surface area contributed by atoms with Crippen molar-refractivity contribution in [2.75, 3.05) is 18.5 Å². The minimum Gasteiger partial charge on any atom is -0.486 e. The van der Waals surface area contributed by atoms with E-state index < -0.39 is 0 Å². The summed E-state index contributed by atoms with van der Waals surface area (Å²) in [6, 6.07) is 9.73. The van der Waals surface area contributed by atoms with Crippen molar-refractivity contribution < 1.29 is 13.9 Å². The zero-order valence-electron chi connectivity index (χ0n) is 13.5. The van der Waals surface area contributed by atoms with Crippen LogP contribution < -0.4 is 19.2 Å². The van der Waals surface area contributed by atoms with E-state index in [1.807, 2.05) is 40.9 Å². The monoisotopic (exact) mass is 385 g/mol. The van der Waals surface area contributed by atoms with Gasteiger partial charge in [-0.05, 0) is 24.3 Å². The quantitative estimate of drug-likeness (QED) is 0.522. The molecule has 4 heterocycles. The molecule has 0 amide bonds. The smallest absolute Gasteiger partial charge is 0.272 e. The number of ether oxygens (including phenoxy) is 2. The number of fused-ring (bicyclic) bond motifs is 2. The molecule has 0 spiro atoms. The highest BCUT2D eigenvalue weighted by Crippen LogP contribution is 2.37. The van der Waals surface area contributed by atoms with Crippen LogP contribution in [0.15, 0.2) is 48.9 Å². The second-order valence-electron chi connectivity index (χ2n) is 5.77. The molecule has 3 aromatic heterocycles. The third-order valence-electron chi connectivity index (χ3n) is 4.11. The fourth-order valence-electron chi connectivity index (χ4n) is 2.96. The predicted octanol–water partition coefficient (Wildman–Crippen LogP) is 4.05. The Morgan fingerprint density at radius 2 is 2.04 bits per heavy atom. The van der Waals surface area contributed by atoms with Gasteiger partial charge in [-0.25, -0.2) is 0 Å². The maximum atomic E-state index is 6.14. The van der Waals surface area contributed by atoms with Gasteiger partial charge in [0.25, 0.3) is 5.82 Å². The number of thiophene rings is 1. The lowest BCUT2D eigenvalue weighted by atomic mass is 10.2. The van der Waals surface area contributed by atoms with E-state index in [2.05, 4.69) is 15.3 Å². The predicted molar refractivity (Wildman–Crippen MR) is 101 cm³/mol. The molecule has 0 bridgehead atoms. The second-order valence-corrected chi connectivity index (χ2v) is 7.48. The Bertz CT molecular complexity index is 1110. The van der Waals surface area contributed by atoms with Crippen LogP contribution in [0.4, 0.5) is 11.5 Å². The van der Waals surface area contributed by atoms with Crippen molar-refractivity contribution in [3.63, 3.8) is 0 Å². The molecule has 1 aromatic carbocycles. The maximum absolute atomic E-state index is 6.14. The molecule has 0 atom stereocenters. The molecule has 0 fully saturated rings. The van der Waals surface area contributed by atoms with Gasteiger partial charge in [0.2, 0.25) is 5.65 Å². The highest BCUT2D eigenvalue weighted by molar-refractivity contribution is 7.19. The number of H-pyrrole nitrogens is 1. The summed E-state index contributed by atoms with van der Waals surface area (Å²) in [6.45, 7) is 1.14. The van der Waals surface area contributed by atoms with Crippen LogP contribution in [0.2, 0.25) is 4.34 Å². The van der Waals surface area contributed by atoms with Crippen molar-refractivity contribution in [2.24, 2.45) is 0 Å². The molecule has 0 unspecified atom stereocenters. The van der Waals surface area contributed by atoms with Gasteiger partial charge in [0.1, 0.15) is 25.1 Å². The van der Waals surface area contributed by atoms with Crippen molar-refractivity contribution in [3.8, 4) is 22.1 Å². The Balaban J connectivity index is 1.61. The molecule has 2 N–H and O–H groups in total. The molecule has 8 heteroatoms. The Kier molecular flexibility index (Phi) is 3.69. The normalized spacial score (nSPS) is 13.1. The maximum Gasteiger partial charge on any atom is 0.272 e. The molecule has 0 saturated heterocycles. The van der Waals surface area contributed by atoms with Crippen molar-refractivity contribution in [1.82, 2.24) is 9.97 Å². The third kappa shape index (κ3) is 2.65. The number of imidazole rings is 1. The largest absolute Gasteiger partial charge is 0.486 e. The SMILES string of the molecule is Clc1ccc(-c2[nH]c3cncc[n+]3c2Nc2ccc3c(c2)OCCO3)s1. The molecular weight excluding hydrogens is 372 g/mol. The number of hydrogen-bond donors (Lipinski definition) is 2. The Morgan fingerprint density at radius 1 is 1.15 bits per heavy atom. The Labute approximate surface area is 158 Å². The molecule has 130 valence electrons. The van der Waals surface area contributed by atoms with Gasteiger partial charge >= 0.3 is 0 Å². The first kappa shape index (κ1) is 15.5. The number of hydrogen-bond acceptors (Lipinski definition) is 5. The third-order valence-corrected chi connectivity index (χ3v) is 5.36. The van der Waals surface area contributed by atoms with Gasteiger partial charge < -0.3 is 9.47 Å². The fraction of sp³-hybridized carbons (Fsp3) is 0.111. The number of halogens is 1. The summed E-state index contributed by atoms with van der Waals surface area (Å²) in [5.41, 5.74) is 2.74. The lowest BCUT2D eigenvalue weighted by Gasteiger charge is -2.18. The van der Waals surface area contributed by atoms with Crippen LogP contribution in [0.1, 0.15) is 0 Å². The Morgan fingerprint density at radius 3 is 2.88 bits per heavy atom. The van der Waals surface area contributed by atoms with Crippen LogP contribution in [0, 0.1) is 0 Å². The minimum atomic E-state index is 0.558. The minimum absolute atomic E-state index is 0.558. The molecule has 1 aliphatic rings. The van der Waals surface area contributed by atoms with Crippen LogP contribution >= 0.6 is 22.9 Å². The van der Waals surface area contributed by atoms with Crippen LogP contribution in [0.5, 0.6) is 11.5 Å². The number of nitrogens with one attached hydrogen (secondary N) is 2. The average molecular weight is 386 g/mol. The van der Waals surface area contributed by atoms with Gasteiger partial charge in [-0.15, -0.1) is 11.3 Å². The zero-order chi connectivity index (χ0) is 17.5. The summed E-state index contributed by atoms with van der Waals surface area (Å²) in [7, 11) is 0. The number of anilines is 2. The molecule has 0 aliphatic carbocycles. The summed E-state index contributed by atoms with van der Waals surface area (Å²) in [5.74, 6) is 2.41. The number of rotatable bonds is 3. The van der Waals surface area contributed by atoms with Crippen molar-refractivity contribution in [3.05, 3.63) is 53.3 Å². The van der Waals surface area contributed by atoms with Crippen LogP contribution in [-0.2, 0) is 0 Å². The van der Waals surface area contributed by atoms with Gasteiger partial charge in [-0.1, -0.05) is 11.6 Å². The van der Waals surface area contributed by atoms with E-state index in [0.29, 0.717) is 13.2 Å². The first-order valence-electron chi connectivity index (χ1n) is 8.08.